The van der Waals surface area contributed by atoms with Gasteiger partial charge in [-0.15, -0.1) is 0 Å². The summed E-state index contributed by atoms with van der Waals surface area (Å²) in [4.78, 5) is 35.7. The highest BCUT2D eigenvalue weighted by Crippen LogP contribution is 2.60. The van der Waals surface area contributed by atoms with Gasteiger partial charge in [-0.3, -0.25) is 9.59 Å². The Morgan fingerprint density at radius 2 is 1.61 bits per heavy atom. The Labute approximate surface area is 184 Å². The standard InChI is InChI=1S/C25H34N4O2/c30-23(27-20-5-6-22(26-16-20)28-7-1-2-8-28)21-4-3-9-29(21)24(31)25-13-17-10-18(14-25)12-19(11-17)15-25/h5-6,16-19,21H,1-4,7-15H2,(H,27,30). The lowest BCUT2D eigenvalue weighted by atomic mass is 9.49. The van der Waals surface area contributed by atoms with Crippen LogP contribution in [0.4, 0.5) is 11.5 Å². The van der Waals surface area contributed by atoms with E-state index in [9.17, 15) is 9.59 Å². The van der Waals surface area contributed by atoms with Crippen LogP contribution in [0.1, 0.15) is 64.2 Å². The number of pyridine rings is 1. The van der Waals surface area contributed by atoms with Gasteiger partial charge in [0.15, 0.2) is 0 Å². The second-order valence-corrected chi connectivity index (χ2v) is 10.9. The van der Waals surface area contributed by atoms with Gasteiger partial charge >= 0.3 is 0 Å². The molecule has 4 saturated carbocycles. The smallest absolute Gasteiger partial charge is 0.247 e. The van der Waals surface area contributed by atoms with E-state index >= 15 is 0 Å². The number of hydrogen-bond donors (Lipinski definition) is 1. The number of nitrogens with one attached hydrogen (secondary N) is 1. The minimum Gasteiger partial charge on any atom is -0.357 e. The predicted molar refractivity (Wildman–Crippen MR) is 120 cm³/mol. The molecule has 6 heteroatoms. The Morgan fingerprint density at radius 1 is 0.935 bits per heavy atom. The molecule has 2 amide bonds. The fraction of sp³-hybridized carbons (Fsp3) is 0.720. The first-order chi connectivity index (χ1) is 15.1. The van der Waals surface area contributed by atoms with E-state index in [1.165, 1.54) is 32.1 Å². The molecule has 3 heterocycles. The van der Waals surface area contributed by atoms with Crippen LogP contribution in [0, 0.1) is 23.2 Å². The Kier molecular flexibility index (Phi) is 4.73. The van der Waals surface area contributed by atoms with Crippen molar-refractivity contribution in [3.8, 4) is 0 Å². The maximum atomic E-state index is 13.8. The summed E-state index contributed by atoms with van der Waals surface area (Å²) in [7, 11) is 0. The molecule has 1 atom stereocenters. The highest BCUT2D eigenvalue weighted by molar-refractivity contribution is 5.98. The molecule has 166 valence electrons. The zero-order valence-electron chi connectivity index (χ0n) is 18.4. The molecule has 1 N–H and O–H groups in total. The van der Waals surface area contributed by atoms with Gasteiger partial charge in [0, 0.05) is 19.6 Å². The maximum Gasteiger partial charge on any atom is 0.247 e. The van der Waals surface area contributed by atoms with Gasteiger partial charge in [-0.1, -0.05) is 0 Å². The third-order valence-corrected chi connectivity index (χ3v) is 8.75. The fourth-order valence-electron chi connectivity index (χ4n) is 7.78. The normalized spacial score (nSPS) is 36.3. The molecule has 7 rings (SSSR count). The lowest BCUT2D eigenvalue weighted by Gasteiger charge is -2.56. The van der Waals surface area contributed by atoms with Gasteiger partial charge in [0.1, 0.15) is 11.9 Å². The zero-order valence-corrected chi connectivity index (χ0v) is 18.4. The molecule has 6 aliphatic rings. The van der Waals surface area contributed by atoms with Gasteiger partial charge in [0.2, 0.25) is 11.8 Å². The molecular formula is C25H34N4O2. The Bertz CT molecular complexity index is 825. The SMILES string of the molecule is O=C(Nc1ccc(N2CCCC2)nc1)C1CCCN1C(=O)C12CC3CC(CC(C3)C1)C2. The number of nitrogens with zero attached hydrogens (tertiary/aromatic N) is 3. The van der Waals surface area contributed by atoms with E-state index in [0.29, 0.717) is 0 Å². The van der Waals surface area contributed by atoms with Crippen molar-refractivity contribution in [2.24, 2.45) is 23.2 Å². The van der Waals surface area contributed by atoms with E-state index in [4.69, 9.17) is 0 Å². The second-order valence-electron chi connectivity index (χ2n) is 10.9. The van der Waals surface area contributed by atoms with E-state index in [1.807, 2.05) is 17.0 Å². The summed E-state index contributed by atoms with van der Waals surface area (Å²) in [6.07, 6.45) is 13.0. The molecule has 1 aromatic rings. The van der Waals surface area contributed by atoms with E-state index < -0.39 is 0 Å². The van der Waals surface area contributed by atoms with Crippen LogP contribution < -0.4 is 10.2 Å². The summed E-state index contributed by atoms with van der Waals surface area (Å²) >= 11 is 0. The summed E-state index contributed by atoms with van der Waals surface area (Å²) in [5, 5.41) is 3.05. The predicted octanol–water partition coefficient (Wildman–Crippen LogP) is 3.83. The van der Waals surface area contributed by atoms with Crippen LogP contribution in [-0.2, 0) is 9.59 Å². The number of hydrogen-bond acceptors (Lipinski definition) is 4. The van der Waals surface area contributed by atoms with Crippen molar-refractivity contribution in [1.82, 2.24) is 9.88 Å². The highest BCUT2D eigenvalue weighted by Gasteiger charge is 2.56. The van der Waals surface area contributed by atoms with Gasteiger partial charge in [-0.2, -0.15) is 0 Å². The van der Waals surface area contributed by atoms with Crippen molar-refractivity contribution in [3.63, 3.8) is 0 Å². The summed E-state index contributed by atoms with van der Waals surface area (Å²) in [6.45, 7) is 2.84. The van der Waals surface area contributed by atoms with Crippen molar-refractivity contribution in [1.29, 1.82) is 0 Å². The van der Waals surface area contributed by atoms with Crippen LogP contribution in [0.25, 0.3) is 0 Å². The summed E-state index contributed by atoms with van der Waals surface area (Å²) in [6, 6.07) is 3.60. The highest BCUT2D eigenvalue weighted by atomic mass is 16.2. The van der Waals surface area contributed by atoms with Gasteiger partial charge in [0.25, 0.3) is 0 Å². The van der Waals surface area contributed by atoms with Crippen LogP contribution >= 0.6 is 0 Å². The van der Waals surface area contributed by atoms with E-state index in [2.05, 4.69) is 15.2 Å². The van der Waals surface area contributed by atoms with Crippen LogP contribution in [0.3, 0.4) is 0 Å². The van der Waals surface area contributed by atoms with Crippen molar-refractivity contribution in [3.05, 3.63) is 18.3 Å². The number of carbonyl (C=O) groups excluding carboxylic acids is 2. The molecule has 4 aliphatic carbocycles. The molecular weight excluding hydrogens is 388 g/mol. The topological polar surface area (TPSA) is 65.5 Å². The Balaban J connectivity index is 1.14. The number of anilines is 2. The molecule has 2 saturated heterocycles. The van der Waals surface area contributed by atoms with Crippen LogP contribution in [0.15, 0.2) is 18.3 Å². The van der Waals surface area contributed by atoms with Crippen molar-refractivity contribution < 1.29 is 9.59 Å². The van der Waals surface area contributed by atoms with E-state index in [0.717, 1.165) is 81.0 Å². The molecule has 1 aromatic heterocycles. The lowest BCUT2D eigenvalue weighted by molar-refractivity contribution is -0.160. The van der Waals surface area contributed by atoms with Crippen molar-refractivity contribution in [2.45, 2.75) is 70.3 Å². The molecule has 6 nitrogen and oxygen atoms in total. The van der Waals surface area contributed by atoms with Crippen LogP contribution in [0.2, 0.25) is 0 Å². The van der Waals surface area contributed by atoms with E-state index in [-0.39, 0.29) is 23.3 Å². The molecule has 2 aliphatic heterocycles. The fourth-order valence-corrected chi connectivity index (χ4v) is 7.78. The largest absolute Gasteiger partial charge is 0.357 e. The molecule has 1 unspecified atom stereocenters. The number of amides is 2. The third kappa shape index (κ3) is 3.42. The van der Waals surface area contributed by atoms with Crippen molar-refractivity contribution in [2.75, 3.05) is 29.9 Å². The molecule has 0 spiro atoms. The third-order valence-electron chi connectivity index (χ3n) is 8.75. The minimum absolute atomic E-state index is 0.0497. The van der Waals surface area contributed by atoms with Gasteiger partial charge < -0.3 is 15.1 Å². The number of rotatable bonds is 4. The average Bonchev–Trinajstić information content (AvgIpc) is 3.45. The summed E-state index contributed by atoms with van der Waals surface area (Å²) in [5.74, 6) is 3.44. The number of carbonyl (C=O) groups is 2. The molecule has 6 fully saturated rings. The summed E-state index contributed by atoms with van der Waals surface area (Å²) in [5.41, 5.74) is 0.554. The Hall–Kier alpha value is -2.11. The Morgan fingerprint density at radius 3 is 2.23 bits per heavy atom. The molecule has 4 bridgehead atoms. The monoisotopic (exact) mass is 422 g/mol. The minimum atomic E-state index is -0.334. The summed E-state index contributed by atoms with van der Waals surface area (Å²) < 4.78 is 0. The zero-order chi connectivity index (χ0) is 21.0. The maximum absolute atomic E-state index is 13.8. The first-order valence-electron chi connectivity index (χ1n) is 12.4. The first kappa shape index (κ1) is 19.6. The first-order valence-corrected chi connectivity index (χ1v) is 12.4. The quantitative estimate of drug-likeness (QED) is 0.801. The van der Waals surface area contributed by atoms with Gasteiger partial charge in [0.05, 0.1) is 17.3 Å². The van der Waals surface area contributed by atoms with Crippen LogP contribution in [-0.4, -0.2) is 47.4 Å². The number of likely N-dealkylation sites (tertiary alicyclic amines) is 1. The average molecular weight is 423 g/mol. The molecule has 0 aromatic carbocycles. The van der Waals surface area contributed by atoms with Crippen LogP contribution in [0.5, 0.6) is 0 Å². The lowest BCUT2D eigenvalue weighted by Crippen LogP contribution is -2.56. The molecule has 0 radical (unpaired) electrons. The molecule has 31 heavy (non-hydrogen) atoms. The van der Waals surface area contributed by atoms with Gasteiger partial charge in [-0.05, 0) is 94.1 Å². The van der Waals surface area contributed by atoms with E-state index in [1.54, 1.807) is 6.20 Å². The second kappa shape index (κ2) is 7.49. The van der Waals surface area contributed by atoms with Crippen molar-refractivity contribution >= 4 is 23.3 Å². The van der Waals surface area contributed by atoms with Gasteiger partial charge in [-0.25, -0.2) is 4.98 Å². The number of aromatic nitrogens is 1.